The summed E-state index contributed by atoms with van der Waals surface area (Å²) in [5, 5.41) is 3.61. The lowest BCUT2D eigenvalue weighted by atomic mass is 10.1. The van der Waals surface area contributed by atoms with E-state index in [1.54, 1.807) is 44.9 Å². The van der Waals surface area contributed by atoms with Crippen molar-refractivity contribution >= 4 is 35.0 Å². The summed E-state index contributed by atoms with van der Waals surface area (Å²) in [6, 6.07) is 8.23. The number of ether oxygens (including phenoxy) is 3. The van der Waals surface area contributed by atoms with Crippen molar-refractivity contribution in [3.05, 3.63) is 47.8 Å². The summed E-state index contributed by atoms with van der Waals surface area (Å²) in [5.41, 5.74) is 1.07. The van der Waals surface area contributed by atoms with Crippen LogP contribution in [0.15, 0.2) is 57.7 Å². The second-order valence-electron chi connectivity index (χ2n) is 6.42. The molecule has 1 aromatic carbocycles. The van der Waals surface area contributed by atoms with Crippen molar-refractivity contribution in [1.29, 1.82) is 0 Å². The lowest BCUT2D eigenvalue weighted by molar-refractivity contribution is -0.0465. The lowest BCUT2D eigenvalue weighted by Crippen LogP contribution is -2.43. The van der Waals surface area contributed by atoms with Gasteiger partial charge in [0.05, 0.1) is 22.4 Å². The fourth-order valence-corrected chi connectivity index (χ4v) is 6.26. The zero-order chi connectivity index (χ0) is 19.0. The molecule has 1 N–H and O–H groups in total. The molecule has 0 aromatic heterocycles. The van der Waals surface area contributed by atoms with Gasteiger partial charge in [0.25, 0.3) is 0 Å². The molecule has 4 rings (SSSR count). The van der Waals surface area contributed by atoms with Crippen LogP contribution in [0.5, 0.6) is 0 Å². The average Bonchev–Trinajstić information content (AvgIpc) is 3.03. The zero-order valence-corrected chi connectivity index (χ0v) is 17.2. The Kier molecular flexibility index (Phi) is 5.52. The van der Waals surface area contributed by atoms with Crippen molar-refractivity contribution in [3.63, 3.8) is 0 Å². The number of aliphatic imine (C=N–C) groups is 1. The van der Waals surface area contributed by atoms with Gasteiger partial charge in [0.15, 0.2) is 0 Å². The van der Waals surface area contributed by atoms with Crippen LogP contribution in [-0.2, 0) is 14.2 Å². The van der Waals surface area contributed by atoms with Crippen molar-refractivity contribution in [2.45, 2.75) is 27.7 Å². The third-order valence-electron chi connectivity index (χ3n) is 4.82. The molecule has 0 amide bonds. The highest BCUT2D eigenvalue weighted by Gasteiger charge is 2.48. The summed E-state index contributed by atoms with van der Waals surface area (Å²) < 4.78 is 16.9. The van der Waals surface area contributed by atoms with Gasteiger partial charge < -0.3 is 24.4 Å². The summed E-state index contributed by atoms with van der Waals surface area (Å²) >= 11 is 3.49. The molecule has 27 heavy (non-hydrogen) atoms. The van der Waals surface area contributed by atoms with Crippen LogP contribution in [0.25, 0.3) is 0 Å². The van der Waals surface area contributed by atoms with E-state index in [1.165, 1.54) is 4.90 Å². The predicted octanol–water partition coefficient (Wildman–Crippen LogP) is 3.35. The van der Waals surface area contributed by atoms with Gasteiger partial charge in [-0.15, -0.1) is 11.8 Å². The van der Waals surface area contributed by atoms with E-state index in [4.69, 9.17) is 19.2 Å². The average molecular weight is 406 g/mol. The summed E-state index contributed by atoms with van der Waals surface area (Å²) in [5.74, 6) is 1.53. The van der Waals surface area contributed by atoms with Crippen LogP contribution in [0.2, 0.25) is 0 Å². The van der Waals surface area contributed by atoms with Crippen molar-refractivity contribution in [1.82, 2.24) is 4.90 Å². The molecular weight excluding hydrogens is 382 g/mol. The number of rotatable bonds is 5. The Hall–Kier alpha value is -1.45. The Morgan fingerprint density at radius 1 is 1.19 bits per heavy atom. The fraction of sp³-hybridized carbons (Fsp3) is 0.421. The molecule has 144 valence electrons. The minimum atomic E-state index is -0.112. The van der Waals surface area contributed by atoms with Crippen LogP contribution in [0.4, 0.5) is 5.69 Å². The summed E-state index contributed by atoms with van der Waals surface area (Å²) in [6.07, 6.45) is 1.95. The summed E-state index contributed by atoms with van der Waals surface area (Å²) in [6.45, 7) is 4.79. The minimum Gasteiger partial charge on any atom is -0.383 e. The number of amidine groups is 1. The molecule has 8 heteroatoms. The molecule has 0 saturated carbocycles. The molecular formula is C19H23N3O3S2. The molecule has 3 aliphatic heterocycles. The molecule has 1 aromatic rings. The fourth-order valence-electron chi connectivity index (χ4n) is 3.56. The number of nitrogens with one attached hydrogen (secondary N) is 1. The van der Waals surface area contributed by atoms with E-state index in [1.807, 2.05) is 12.1 Å². The van der Waals surface area contributed by atoms with E-state index in [0.29, 0.717) is 12.4 Å². The molecule has 3 aliphatic rings. The van der Waals surface area contributed by atoms with Crippen LogP contribution < -0.4 is 5.32 Å². The van der Waals surface area contributed by atoms with E-state index < -0.39 is 0 Å². The molecule has 0 radical (unpaired) electrons. The number of anilines is 1. The molecule has 0 spiro atoms. The summed E-state index contributed by atoms with van der Waals surface area (Å²) in [7, 11) is 5.16. The summed E-state index contributed by atoms with van der Waals surface area (Å²) in [4.78, 5) is 9.08. The highest BCUT2D eigenvalue weighted by Crippen LogP contribution is 2.45. The Balaban J connectivity index is 1.62. The maximum Gasteiger partial charge on any atom is 0.148 e. The number of fused-ring (bicyclic) bond motifs is 2. The molecule has 0 aliphatic carbocycles. The third-order valence-corrected chi connectivity index (χ3v) is 7.45. The Morgan fingerprint density at radius 2 is 1.96 bits per heavy atom. The predicted molar refractivity (Wildman–Crippen MR) is 111 cm³/mol. The topological polar surface area (TPSA) is 55.3 Å². The molecule has 6 nitrogen and oxygen atoms in total. The Bertz CT molecular complexity index is 798. The van der Waals surface area contributed by atoms with Crippen molar-refractivity contribution in [2.24, 2.45) is 4.99 Å². The van der Waals surface area contributed by atoms with E-state index in [9.17, 15) is 0 Å². The quantitative estimate of drug-likeness (QED) is 0.806. The van der Waals surface area contributed by atoms with E-state index in [0.717, 1.165) is 16.4 Å². The first-order valence-corrected chi connectivity index (χ1v) is 10.4. The maximum atomic E-state index is 5.81. The van der Waals surface area contributed by atoms with Gasteiger partial charge in [0, 0.05) is 32.4 Å². The van der Waals surface area contributed by atoms with Gasteiger partial charge in [-0.2, -0.15) is 0 Å². The van der Waals surface area contributed by atoms with E-state index >= 15 is 0 Å². The number of thioether (sulfide) groups is 2. The van der Waals surface area contributed by atoms with Gasteiger partial charge in [-0.3, -0.25) is 0 Å². The van der Waals surface area contributed by atoms with Crippen LogP contribution >= 0.6 is 23.5 Å². The van der Waals surface area contributed by atoms with Gasteiger partial charge in [-0.25, -0.2) is 4.99 Å². The third kappa shape index (κ3) is 3.40. The van der Waals surface area contributed by atoms with Crippen LogP contribution in [0.1, 0.15) is 0 Å². The van der Waals surface area contributed by atoms with E-state index in [-0.39, 0.29) is 22.8 Å². The van der Waals surface area contributed by atoms with Gasteiger partial charge in [-0.1, -0.05) is 30.5 Å². The molecule has 1 unspecified atom stereocenters. The van der Waals surface area contributed by atoms with Crippen LogP contribution in [0.3, 0.4) is 0 Å². The normalized spacial score (nSPS) is 29.6. The van der Waals surface area contributed by atoms with Gasteiger partial charge in [0.2, 0.25) is 0 Å². The lowest BCUT2D eigenvalue weighted by Gasteiger charge is -2.35. The van der Waals surface area contributed by atoms with Crippen molar-refractivity contribution < 1.29 is 14.2 Å². The molecule has 3 heterocycles. The molecule has 0 bridgehead atoms. The highest BCUT2D eigenvalue weighted by molar-refractivity contribution is 8.04. The van der Waals surface area contributed by atoms with Crippen LogP contribution in [-0.4, -0.2) is 61.5 Å². The number of hydrogen-bond acceptors (Lipinski definition) is 8. The van der Waals surface area contributed by atoms with Gasteiger partial charge in [-0.05, 0) is 12.1 Å². The minimum absolute atomic E-state index is 0.0168. The van der Waals surface area contributed by atoms with Crippen molar-refractivity contribution in [3.8, 4) is 0 Å². The molecule has 4 atom stereocenters. The molecule has 1 saturated heterocycles. The Labute approximate surface area is 168 Å². The second-order valence-corrected chi connectivity index (χ2v) is 8.87. The first-order chi connectivity index (χ1) is 13.2. The van der Waals surface area contributed by atoms with Gasteiger partial charge in [0.1, 0.15) is 29.2 Å². The first-order valence-electron chi connectivity index (χ1n) is 8.68. The zero-order valence-electron chi connectivity index (χ0n) is 15.5. The van der Waals surface area contributed by atoms with Gasteiger partial charge >= 0.3 is 0 Å². The monoisotopic (exact) mass is 405 g/mol. The first kappa shape index (κ1) is 18.9. The number of nitrogens with zero attached hydrogens (tertiary/aromatic N) is 2. The highest BCUT2D eigenvalue weighted by atomic mass is 32.2. The van der Waals surface area contributed by atoms with Crippen LogP contribution in [0, 0.1) is 0 Å². The molecule has 1 fully saturated rings. The SMILES string of the molecule is C=C1N=C2Nc3ccccc3SC2=CN1[C@@H]1S[C@H](COC)C(OC)[C@@H]1OC. The van der Waals surface area contributed by atoms with Crippen molar-refractivity contribution in [2.75, 3.05) is 33.3 Å². The second kappa shape index (κ2) is 7.89. The number of benzene rings is 1. The number of methoxy groups -OCH3 is 3. The largest absolute Gasteiger partial charge is 0.383 e. The Morgan fingerprint density at radius 3 is 2.70 bits per heavy atom. The van der Waals surface area contributed by atoms with E-state index in [2.05, 4.69) is 35.1 Å². The number of hydrogen-bond donors (Lipinski definition) is 1. The number of para-hydroxylation sites is 1. The standard InChI is InChI=1S/C19H23N3O3S2/c1-11-20-18-14(26-13-8-6-5-7-12(13)21-18)9-22(11)19-17(25-4)16(24-3)15(27-19)10-23-2/h5-9,15-17,19H,1,10H2,2-4H3,(H,20,21)/t15-,16?,17+,19-/m1/s1. The maximum absolute atomic E-state index is 5.81. The smallest absolute Gasteiger partial charge is 0.148 e.